The summed E-state index contributed by atoms with van der Waals surface area (Å²) in [6.07, 6.45) is 0. The average molecular weight is 249 g/mol. The molecule has 76 valence electrons. The third-order valence-corrected chi connectivity index (χ3v) is 0.877. The molecule has 0 saturated heterocycles. The maximum atomic E-state index is 10.7. The quantitative estimate of drug-likeness (QED) is 0.406. The lowest BCUT2D eigenvalue weighted by molar-refractivity contribution is -0.0510. The fourth-order valence-corrected chi connectivity index (χ4v) is 0. The Morgan fingerprint density at radius 3 is 1.42 bits per heavy atom. The van der Waals surface area contributed by atoms with E-state index in [0.29, 0.717) is 0 Å². The zero-order valence-electron chi connectivity index (χ0n) is 5.64. The summed E-state index contributed by atoms with van der Waals surface area (Å²) in [6, 6.07) is 0. The Balaban J connectivity index is 0. The van der Waals surface area contributed by atoms with E-state index >= 15 is 0 Å². The molecule has 0 atom stereocenters. The minimum absolute atomic E-state index is 0.222. The highest BCUT2D eigenvalue weighted by Crippen LogP contribution is 2.20. The van der Waals surface area contributed by atoms with E-state index in [1.54, 1.807) is 6.92 Å². The first-order chi connectivity index (χ1) is 4.98. The largest absolute Gasteiger partial charge is 0.522 e. The van der Waals surface area contributed by atoms with Gasteiger partial charge in [0, 0.05) is 0 Å². The predicted octanol–water partition coefficient (Wildman–Crippen LogP) is 2.20. The molecule has 12 heavy (non-hydrogen) atoms. The van der Waals surface area contributed by atoms with Crippen LogP contribution in [0.5, 0.6) is 0 Å². The van der Waals surface area contributed by atoms with E-state index in [0.717, 1.165) is 0 Å². The lowest BCUT2D eigenvalue weighted by atomic mass is 11.0. The zero-order chi connectivity index (χ0) is 10.6. The maximum absolute atomic E-state index is 10.7. The van der Waals surface area contributed by atoms with Crippen molar-refractivity contribution in [3.05, 3.63) is 0 Å². The standard InChI is InChI=1S/C2H4Cl2.CHF3O3S/c1-2(3)4;2-1(3,4)8(5,6)7/h2H,1H3;(H,5,6,7). The first kappa shape index (κ1) is 14.8. The SMILES string of the molecule is CC(Cl)Cl.O=S(=O)(O)C(F)(F)F. The summed E-state index contributed by atoms with van der Waals surface area (Å²) in [5.41, 5.74) is -5.53. The predicted molar refractivity (Wildman–Crippen MR) is 38.8 cm³/mol. The van der Waals surface area contributed by atoms with E-state index in [2.05, 4.69) is 0 Å². The van der Waals surface area contributed by atoms with E-state index in [4.69, 9.17) is 36.2 Å². The first-order valence-electron chi connectivity index (χ1n) is 2.30. The summed E-state index contributed by atoms with van der Waals surface area (Å²) >= 11 is 10.1. The van der Waals surface area contributed by atoms with Gasteiger partial charge in [-0.05, 0) is 6.92 Å². The van der Waals surface area contributed by atoms with Crippen LogP contribution in [-0.2, 0) is 10.1 Å². The highest BCUT2D eigenvalue weighted by atomic mass is 35.5. The molecular formula is C3H5Cl2F3O3S. The molecule has 0 heterocycles. The molecule has 0 bridgehead atoms. The Bertz CT molecular complexity index is 207. The van der Waals surface area contributed by atoms with Crippen molar-refractivity contribution in [3.8, 4) is 0 Å². The number of alkyl halides is 5. The smallest absolute Gasteiger partial charge is 0.279 e. The van der Waals surface area contributed by atoms with Crippen LogP contribution in [0.15, 0.2) is 0 Å². The van der Waals surface area contributed by atoms with Crippen LogP contribution in [0.2, 0.25) is 0 Å². The summed E-state index contributed by atoms with van der Waals surface area (Å²) in [5.74, 6) is 0. The lowest BCUT2D eigenvalue weighted by Gasteiger charge is -1.97. The second-order valence-corrected chi connectivity index (χ2v) is 4.39. The third-order valence-electron chi connectivity index (χ3n) is 0.292. The van der Waals surface area contributed by atoms with Crippen LogP contribution in [0.1, 0.15) is 6.92 Å². The highest BCUT2D eigenvalue weighted by molar-refractivity contribution is 7.86. The first-order valence-corrected chi connectivity index (χ1v) is 4.61. The van der Waals surface area contributed by atoms with Gasteiger partial charge in [-0.3, -0.25) is 4.55 Å². The van der Waals surface area contributed by atoms with Gasteiger partial charge < -0.3 is 0 Å². The van der Waals surface area contributed by atoms with Crippen molar-refractivity contribution in [3.63, 3.8) is 0 Å². The summed E-state index contributed by atoms with van der Waals surface area (Å²) in [7, 11) is -5.84. The topological polar surface area (TPSA) is 54.4 Å². The fraction of sp³-hybridized carbons (Fsp3) is 1.00. The van der Waals surface area contributed by atoms with Crippen molar-refractivity contribution in [2.24, 2.45) is 0 Å². The van der Waals surface area contributed by atoms with E-state index in [1.165, 1.54) is 0 Å². The zero-order valence-corrected chi connectivity index (χ0v) is 7.97. The van der Waals surface area contributed by atoms with Crippen molar-refractivity contribution in [1.29, 1.82) is 0 Å². The monoisotopic (exact) mass is 248 g/mol. The van der Waals surface area contributed by atoms with Crippen LogP contribution in [0.3, 0.4) is 0 Å². The van der Waals surface area contributed by atoms with Crippen LogP contribution >= 0.6 is 23.2 Å². The molecule has 3 nitrogen and oxygen atoms in total. The molecule has 0 aromatic carbocycles. The molecule has 0 radical (unpaired) electrons. The number of hydrogen-bond acceptors (Lipinski definition) is 2. The maximum Gasteiger partial charge on any atom is 0.522 e. The molecule has 0 aliphatic rings. The second-order valence-electron chi connectivity index (χ2n) is 1.44. The highest BCUT2D eigenvalue weighted by Gasteiger charge is 2.44. The van der Waals surface area contributed by atoms with Crippen molar-refractivity contribution < 1.29 is 26.1 Å². The van der Waals surface area contributed by atoms with Gasteiger partial charge in [0.15, 0.2) is 0 Å². The Kier molecular flexibility index (Phi) is 6.29. The van der Waals surface area contributed by atoms with Gasteiger partial charge in [-0.15, -0.1) is 23.2 Å². The molecule has 0 aromatic heterocycles. The Morgan fingerprint density at radius 2 is 1.42 bits per heavy atom. The molecule has 1 N–H and O–H groups in total. The third kappa shape index (κ3) is 10.3. The van der Waals surface area contributed by atoms with Crippen molar-refractivity contribution in [1.82, 2.24) is 0 Å². The molecule has 9 heteroatoms. The van der Waals surface area contributed by atoms with Crippen LogP contribution in [0, 0.1) is 0 Å². The van der Waals surface area contributed by atoms with Crippen molar-refractivity contribution >= 4 is 33.3 Å². The number of hydrogen-bond donors (Lipinski definition) is 1. The van der Waals surface area contributed by atoms with Crippen LogP contribution in [0.25, 0.3) is 0 Å². The van der Waals surface area contributed by atoms with Crippen molar-refractivity contribution in [2.45, 2.75) is 17.3 Å². The minimum Gasteiger partial charge on any atom is -0.279 e. The molecule has 0 saturated carbocycles. The molecule has 0 aromatic rings. The lowest BCUT2D eigenvalue weighted by Crippen LogP contribution is -2.21. The minimum atomic E-state index is -5.84. The second kappa shape index (κ2) is 5.11. The van der Waals surface area contributed by atoms with E-state index < -0.39 is 15.6 Å². The molecule has 0 spiro atoms. The summed E-state index contributed by atoms with van der Waals surface area (Å²) in [5, 5.41) is 0. The normalized spacial score (nSPS) is 12.3. The molecule has 0 rings (SSSR count). The van der Waals surface area contributed by atoms with Gasteiger partial charge in [0.1, 0.15) is 4.84 Å². The fourth-order valence-electron chi connectivity index (χ4n) is 0. The summed E-state index contributed by atoms with van der Waals surface area (Å²) in [4.78, 5) is -0.222. The van der Waals surface area contributed by atoms with E-state index in [1.807, 2.05) is 0 Å². The van der Waals surface area contributed by atoms with Gasteiger partial charge in [0.05, 0.1) is 0 Å². The molecule has 0 aliphatic heterocycles. The van der Waals surface area contributed by atoms with Gasteiger partial charge in [-0.1, -0.05) is 0 Å². The summed E-state index contributed by atoms with van der Waals surface area (Å²) < 4.78 is 57.5. The number of halogens is 5. The average Bonchev–Trinajstić information content (AvgIpc) is 1.55. The van der Waals surface area contributed by atoms with Crippen LogP contribution in [0.4, 0.5) is 13.2 Å². The van der Waals surface area contributed by atoms with Crippen molar-refractivity contribution in [2.75, 3.05) is 0 Å². The Labute approximate surface area is 77.2 Å². The van der Waals surface area contributed by atoms with Gasteiger partial charge in [-0.25, -0.2) is 0 Å². The van der Waals surface area contributed by atoms with Crippen LogP contribution in [-0.4, -0.2) is 23.3 Å². The van der Waals surface area contributed by atoms with Gasteiger partial charge in [-0.2, -0.15) is 21.6 Å². The van der Waals surface area contributed by atoms with Crippen LogP contribution < -0.4 is 0 Å². The molecule has 0 fully saturated rings. The molecular weight excluding hydrogens is 244 g/mol. The Morgan fingerprint density at radius 1 is 1.33 bits per heavy atom. The van der Waals surface area contributed by atoms with Gasteiger partial charge in [0.2, 0.25) is 0 Å². The van der Waals surface area contributed by atoms with Gasteiger partial charge >= 0.3 is 15.6 Å². The molecule has 0 unspecified atom stereocenters. The summed E-state index contributed by atoms with van der Waals surface area (Å²) in [6.45, 7) is 1.70. The Hall–Kier alpha value is 0.280. The number of rotatable bonds is 0. The van der Waals surface area contributed by atoms with E-state index in [-0.39, 0.29) is 4.84 Å². The van der Waals surface area contributed by atoms with E-state index in [9.17, 15) is 13.2 Å². The molecule has 0 aliphatic carbocycles. The molecule has 0 amide bonds. The van der Waals surface area contributed by atoms with Gasteiger partial charge in [0.25, 0.3) is 0 Å².